The molecular formula is C38H54N6O4S2. The number of carbonyl (C=O) groups is 2. The summed E-state index contributed by atoms with van der Waals surface area (Å²) in [6.07, 6.45) is 3.28. The second-order valence-electron chi connectivity index (χ2n) is 13.2. The van der Waals surface area contributed by atoms with Gasteiger partial charge in [-0.3, -0.25) is 0 Å². The fraction of sp³-hybridized carbons (Fsp3) is 0.421. The fourth-order valence-electron chi connectivity index (χ4n) is 5.28. The first kappa shape index (κ1) is 40.3. The van der Waals surface area contributed by atoms with E-state index in [1.54, 1.807) is 46.9 Å². The number of urea groups is 2. The summed E-state index contributed by atoms with van der Waals surface area (Å²) >= 11 is 3.34. The normalized spacial score (nSPS) is 13.4. The largest absolute Gasteiger partial charge is 0.508 e. The second-order valence-corrected chi connectivity index (χ2v) is 14.7. The van der Waals surface area contributed by atoms with Gasteiger partial charge in [-0.15, -0.1) is 0 Å². The molecule has 0 fully saturated rings. The molecule has 0 saturated carbocycles. The number of rotatable bonds is 16. The molecule has 6 N–H and O–H groups in total. The molecule has 10 nitrogen and oxygen atoms in total. The summed E-state index contributed by atoms with van der Waals surface area (Å²) in [5.41, 5.74) is 4.75. The van der Waals surface area contributed by atoms with Crippen LogP contribution in [0.2, 0.25) is 0 Å². The van der Waals surface area contributed by atoms with Gasteiger partial charge in [0.25, 0.3) is 0 Å². The summed E-state index contributed by atoms with van der Waals surface area (Å²) in [6.45, 7) is 5.14. The zero-order valence-electron chi connectivity index (χ0n) is 30.1. The number of carbonyl (C=O) groups excluding carboxylic acids is 2. The predicted molar refractivity (Wildman–Crippen MR) is 207 cm³/mol. The molecule has 0 aliphatic rings. The van der Waals surface area contributed by atoms with E-state index < -0.39 is 0 Å². The van der Waals surface area contributed by atoms with Crippen LogP contribution in [0, 0.1) is 0 Å². The topological polar surface area (TPSA) is 129 Å². The van der Waals surface area contributed by atoms with Crippen molar-refractivity contribution < 1.29 is 19.8 Å². The quantitative estimate of drug-likeness (QED) is 0.0880. The Morgan fingerprint density at radius 2 is 0.940 bits per heavy atom. The predicted octanol–water partition coefficient (Wildman–Crippen LogP) is 5.71. The molecule has 4 aromatic rings. The lowest BCUT2D eigenvalue weighted by Crippen LogP contribution is -2.47. The van der Waals surface area contributed by atoms with Crippen molar-refractivity contribution in [1.29, 1.82) is 0 Å². The number of nitrogens with one attached hydrogen (secondary N) is 4. The minimum atomic E-state index is -0.139. The van der Waals surface area contributed by atoms with E-state index in [1.807, 2.05) is 77.1 Å². The van der Waals surface area contributed by atoms with Gasteiger partial charge in [0.15, 0.2) is 0 Å². The molecule has 0 aliphatic heterocycles. The molecule has 4 atom stereocenters. The maximum atomic E-state index is 12.1. The standard InChI is InChI=1S/2C19H27N3O2S/c2*1-14(10-16-8-9-25-13-16)21-19(24)20-12-17(22(2)3)11-15-4-6-18(23)7-5-15/h2*4-9,13-14,17,23H,10-12H2,1-3H3,(H2,20,21,24). The lowest BCUT2D eigenvalue weighted by atomic mass is 10.0. The van der Waals surface area contributed by atoms with Crippen molar-refractivity contribution in [1.82, 2.24) is 31.1 Å². The Morgan fingerprint density at radius 1 is 0.580 bits per heavy atom. The van der Waals surface area contributed by atoms with Gasteiger partial charge < -0.3 is 41.3 Å². The molecule has 12 heteroatoms. The van der Waals surface area contributed by atoms with Gasteiger partial charge >= 0.3 is 12.1 Å². The molecule has 2 aromatic carbocycles. The van der Waals surface area contributed by atoms with Crippen molar-refractivity contribution in [2.75, 3.05) is 41.3 Å². The third-order valence-electron chi connectivity index (χ3n) is 8.27. The summed E-state index contributed by atoms with van der Waals surface area (Å²) < 4.78 is 0. The molecular weight excluding hydrogens is 669 g/mol. The maximum Gasteiger partial charge on any atom is 0.315 e. The van der Waals surface area contributed by atoms with Gasteiger partial charge in [-0.25, -0.2) is 9.59 Å². The van der Waals surface area contributed by atoms with E-state index in [2.05, 4.69) is 54.0 Å². The third-order valence-corrected chi connectivity index (χ3v) is 9.74. The maximum absolute atomic E-state index is 12.1. The molecule has 0 spiro atoms. The summed E-state index contributed by atoms with van der Waals surface area (Å²) in [4.78, 5) is 28.5. The Bertz CT molecular complexity index is 1400. The Morgan fingerprint density at radius 3 is 1.24 bits per heavy atom. The highest BCUT2D eigenvalue weighted by Gasteiger charge is 2.16. The van der Waals surface area contributed by atoms with Crippen molar-refractivity contribution in [3.63, 3.8) is 0 Å². The minimum absolute atomic E-state index is 0.0875. The first-order valence-electron chi connectivity index (χ1n) is 16.9. The molecule has 2 aromatic heterocycles. The smallest absolute Gasteiger partial charge is 0.315 e. The van der Waals surface area contributed by atoms with E-state index in [1.165, 1.54) is 11.1 Å². The summed E-state index contributed by atoms with van der Waals surface area (Å²) in [7, 11) is 8.02. The molecule has 0 aliphatic carbocycles. The lowest BCUT2D eigenvalue weighted by Gasteiger charge is -2.25. The van der Waals surface area contributed by atoms with Crippen LogP contribution in [0.15, 0.2) is 82.2 Å². The van der Waals surface area contributed by atoms with Gasteiger partial charge in [-0.2, -0.15) is 22.7 Å². The first-order valence-corrected chi connectivity index (χ1v) is 18.8. The first-order chi connectivity index (χ1) is 23.9. The van der Waals surface area contributed by atoms with E-state index in [-0.39, 0.29) is 47.7 Å². The van der Waals surface area contributed by atoms with E-state index in [0.717, 1.165) is 36.8 Å². The Labute approximate surface area is 305 Å². The summed E-state index contributed by atoms with van der Waals surface area (Å²) in [5.74, 6) is 0.532. The number of hydrogen-bond acceptors (Lipinski definition) is 8. The van der Waals surface area contributed by atoms with Crippen LogP contribution in [0.1, 0.15) is 36.1 Å². The molecule has 50 heavy (non-hydrogen) atoms. The van der Waals surface area contributed by atoms with Crippen LogP contribution in [0.5, 0.6) is 11.5 Å². The summed E-state index contributed by atoms with van der Waals surface area (Å²) in [5, 5.41) is 39.0. The van der Waals surface area contributed by atoms with Crippen molar-refractivity contribution in [2.45, 2.75) is 63.7 Å². The number of likely N-dealkylation sites (N-methyl/N-ethyl adjacent to an activating group) is 2. The highest BCUT2D eigenvalue weighted by molar-refractivity contribution is 7.08. The number of nitrogens with zero attached hydrogens (tertiary/aromatic N) is 2. The SMILES string of the molecule is CC(Cc1ccsc1)NC(=O)NCC(Cc1ccc(O)cc1)N(C)C.CC(Cc1ccsc1)NC(=O)NCC(Cc1ccc(O)cc1)N(C)C. The molecule has 0 saturated heterocycles. The van der Waals surface area contributed by atoms with E-state index >= 15 is 0 Å². The van der Waals surface area contributed by atoms with E-state index in [4.69, 9.17) is 0 Å². The number of amides is 4. The highest BCUT2D eigenvalue weighted by atomic mass is 32.1. The molecule has 4 amide bonds. The van der Waals surface area contributed by atoms with E-state index in [9.17, 15) is 19.8 Å². The molecule has 0 radical (unpaired) electrons. The van der Waals surface area contributed by atoms with E-state index in [0.29, 0.717) is 13.1 Å². The minimum Gasteiger partial charge on any atom is -0.508 e. The Hall–Kier alpha value is -4.10. The molecule has 272 valence electrons. The average molecular weight is 723 g/mol. The number of phenolic OH excluding ortho intramolecular Hbond substituents is 2. The lowest BCUT2D eigenvalue weighted by molar-refractivity contribution is 0.228. The van der Waals surface area contributed by atoms with Gasteiger partial charge in [0.05, 0.1) is 0 Å². The van der Waals surface area contributed by atoms with Crippen LogP contribution in [-0.2, 0) is 25.7 Å². The third kappa shape index (κ3) is 15.6. The van der Waals surface area contributed by atoms with Crippen LogP contribution in [0.25, 0.3) is 0 Å². The number of hydrogen-bond donors (Lipinski definition) is 6. The zero-order valence-corrected chi connectivity index (χ0v) is 31.7. The van der Waals surface area contributed by atoms with Crippen molar-refractivity contribution >= 4 is 34.7 Å². The van der Waals surface area contributed by atoms with Gasteiger partial charge in [-0.05, 0) is 148 Å². The molecule has 4 unspecified atom stereocenters. The molecule has 0 bridgehead atoms. The van der Waals surface area contributed by atoms with Crippen molar-refractivity contribution in [2.24, 2.45) is 0 Å². The van der Waals surface area contributed by atoms with Gasteiger partial charge in [0.1, 0.15) is 11.5 Å². The van der Waals surface area contributed by atoms with Crippen LogP contribution >= 0.6 is 22.7 Å². The number of thiophene rings is 2. The van der Waals surface area contributed by atoms with Crippen LogP contribution in [0.3, 0.4) is 0 Å². The fourth-order valence-corrected chi connectivity index (χ4v) is 6.64. The van der Waals surface area contributed by atoms with Gasteiger partial charge in [0, 0.05) is 37.3 Å². The van der Waals surface area contributed by atoms with Crippen LogP contribution < -0.4 is 21.3 Å². The van der Waals surface area contributed by atoms with Gasteiger partial charge in [-0.1, -0.05) is 24.3 Å². The monoisotopic (exact) mass is 722 g/mol. The Balaban J connectivity index is 0.000000270. The second kappa shape index (κ2) is 21.2. The molecule has 2 heterocycles. The number of benzene rings is 2. The number of phenols is 2. The van der Waals surface area contributed by atoms with Crippen molar-refractivity contribution in [3.05, 3.63) is 104 Å². The van der Waals surface area contributed by atoms with Crippen molar-refractivity contribution in [3.8, 4) is 11.5 Å². The van der Waals surface area contributed by atoms with Crippen LogP contribution in [0.4, 0.5) is 9.59 Å². The number of aromatic hydroxyl groups is 2. The van der Waals surface area contributed by atoms with Crippen LogP contribution in [-0.4, -0.2) is 97.5 Å². The summed E-state index contributed by atoms with van der Waals surface area (Å²) in [6, 6.07) is 18.8. The molecule has 4 rings (SSSR count). The zero-order chi connectivity index (χ0) is 36.5. The Kier molecular flexibility index (Phi) is 17.1. The average Bonchev–Trinajstić information content (AvgIpc) is 3.77. The van der Waals surface area contributed by atoms with Gasteiger partial charge in [0.2, 0.25) is 0 Å². The highest BCUT2D eigenvalue weighted by Crippen LogP contribution is 2.14.